The quantitative estimate of drug-likeness (QED) is 0.750. The minimum Gasteiger partial charge on any atom is -0.483 e. The van der Waals surface area contributed by atoms with Crippen LogP contribution < -0.4 is 4.74 Å². The lowest BCUT2D eigenvalue weighted by Crippen LogP contribution is -2.36. The molecule has 0 aliphatic heterocycles. The molecule has 0 heterocycles. The van der Waals surface area contributed by atoms with Crippen molar-refractivity contribution in [1.29, 1.82) is 0 Å². The number of carbonyl (C=O) groups excluding carboxylic acids is 2. The highest BCUT2D eigenvalue weighted by atomic mass is 16.5. The van der Waals surface area contributed by atoms with Crippen LogP contribution >= 0.6 is 0 Å². The van der Waals surface area contributed by atoms with Crippen molar-refractivity contribution in [2.24, 2.45) is 0 Å². The second-order valence-electron chi connectivity index (χ2n) is 4.50. The van der Waals surface area contributed by atoms with Crippen LogP contribution in [0.1, 0.15) is 29.8 Å². The Kier molecular flexibility index (Phi) is 4.89. The maximum atomic E-state index is 11.8. The lowest BCUT2D eigenvalue weighted by atomic mass is 10.1. The Balaban J connectivity index is 2.75. The molecule has 98 valence electrons. The van der Waals surface area contributed by atoms with E-state index in [2.05, 4.69) is 0 Å². The first-order chi connectivity index (χ1) is 8.47. The number of benzene rings is 1. The van der Waals surface area contributed by atoms with Gasteiger partial charge in [0.1, 0.15) is 5.75 Å². The number of para-hydroxylation sites is 1. The van der Waals surface area contributed by atoms with E-state index in [0.29, 0.717) is 11.3 Å². The van der Waals surface area contributed by atoms with Gasteiger partial charge in [0.25, 0.3) is 5.91 Å². The van der Waals surface area contributed by atoms with Crippen molar-refractivity contribution in [2.45, 2.75) is 26.8 Å². The zero-order valence-corrected chi connectivity index (χ0v) is 11.3. The fourth-order valence-electron chi connectivity index (χ4n) is 1.49. The summed E-state index contributed by atoms with van der Waals surface area (Å²) in [5.41, 5.74) is 1.31. The number of nitrogens with zero attached hydrogens (tertiary/aromatic N) is 1. The molecule has 0 atom stereocenters. The maximum absolute atomic E-state index is 11.8. The first kappa shape index (κ1) is 14.2. The maximum Gasteiger partial charge on any atom is 0.260 e. The highest BCUT2D eigenvalue weighted by Gasteiger charge is 2.14. The highest BCUT2D eigenvalue weighted by Crippen LogP contribution is 2.21. The molecule has 0 radical (unpaired) electrons. The average Bonchev–Trinajstić information content (AvgIpc) is 2.35. The monoisotopic (exact) mass is 249 g/mol. The molecule has 0 fully saturated rings. The van der Waals surface area contributed by atoms with E-state index in [1.165, 1.54) is 0 Å². The Morgan fingerprint density at radius 1 is 1.44 bits per heavy atom. The van der Waals surface area contributed by atoms with E-state index in [-0.39, 0.29) is 18.6 Å². The molecule has 4 heteroatoms. The Morgan fingerprint density at radius 2 is 2.11 bits per heavy atom. The Morgan fingerprint density at radius 3 is 2.67 bits per heavy atom. The molecule has 1 aromatic rings. The van der Waals surface area contributed by atoms with Crippen LogP contribution in [-0.4, -0.2) is 36.8 Å². The van der Waals surface area contributed by atoms with Gasteiger partial charge in [0.05, 0.1) is 5.56 Å². The smallest absolute Gasteiger partial charge is 0.260 e. The van der Waals surface area contributed by atoms with Gasteiger partial charge < -0.3 is 9.64 Å². The molecule has 0 spiro atoms. The van der Waals surface area contributed by atoms with E-state index in [4.69, 9.17) is 4.74 Å². The van der Waals surface area contributed by atoms with Crippen LogP contribution in [0.5, 0.6) is 5.75 Å². The summed E-state index contributed by atoms with van der Waals surface area (Å²) in [6.45, 7) is 5.66. The molecule has 4 nitrogen and oxygen atoms in total. The standard InChI is InChI=1S/C14H19NO3/c1-10(2)15(4)13(17)9-18-14-11(3)6-5-7-12(14)8-16/h5-8,10H,9H2,1-4H3. The van der Waals surface area contributed by atoms with E-state index >= 15 is 0 Å². The van der Waals surface area contributed by atoms with Crippen LogP contribution in [0.15, 0.2) is 18.2 Å². The van der Waals surface area contributed by atoms with Crippen molar-refractivity contribution in [3.8, 4) is 5.75 Å². The summed E-state index contributed by atoms with van der Waals surface area (Å²) in [5.74, 6) is 0.378. The van der Waals surface area contributed by atoms with Gasteiger partial charge in [-0.25, -0.2) is 0 Å². The predicted molar refractivity (Wildman–Crippen MR) is 70.0 cm³/mol. The van der Waals surface area contributed by atoms with Gasteiger partial charge in [0, 0.05) is 13.1 Å². The third kappa shape index (κ3) is 3.32. The molecule has 0 unspecified atom stereocenters. The summed E-state index contributed by atoms with van der Waals surface area (Å²) in [6.07, 6.45) is 0.735. The summed E-state index contributed by atoms with van der Waals surface area (Å²) in [6, 6.07) is 5.43. The van der Waals surface area contributed by atoms with Crippen LogP contribution in [0.2, 0.25) is 0 Å². The highest BCUT2D eigenvalue weighted by molar-refractivity contribution is 5.81. The van der Waals surface area contributed by atoms with Gasteiger partial charge in [-0.15, -0.1) is 0 Å². The lowest BCUT2D eigenvalue weighted by molar-refractivity contribution is -0.133. The van der Waals surface area contributed by atoms with E-state index < -0.39 is 0 Å². The zero-order valence-electron chi connectivity index (χ0n) is 11.3. The summed E-state index contributed by atoms with van der Waals surface area (Å²) < 4.78 is 5.47. The second kappa shape index (κ2) is 6.19. The van der Waals surface area contributed by atoms with Crippen LogP contribution in [0, 0.1) is 6.92 Å². The molecule has 0 saturated heterocycles. The van der Waals surface area contributed by atoms with Gasteiger partial charge in [-0.2, -0.15) is 0 Å². The Hall–Kier alpha value is -1.84. The minimum absolute atomic E-state index is 0.0552. The van der Waals surface area contributed by atoms with Crippen molar-refractivity contribution in [2.75, 3.05) is 13.7 Å². The number of likely N-dealkylation sites (N-methyl/N-ethyl adjacent to an activating group) is 1. The van der Waals surface area contributed by atoms with Crippen LogP contribution in [0.4, 0.5) is 0 Å². The Bertz CT molecular complexity index is 441. The Labute approximate surface area is 108 Å². The first-order valence-corrected chi connectivity index (χ1v) is 5.90. The molecule has 18 heavy (non-hydrogen) atoms. The largest absolute Gasteiger partial charge is 0.483 e. The third-order valence-electron chi connectivity index (χ3n) is 2.88. The van der Waals surface area contributed by atoms with Crippen LogP contribution in [0.25, 0.3) is 0 Å². The van der Waals surface area contributed by atoms with Crippen molar-refractivity contribution in [3.05, 3.63) is 29.3 Å². The van der Waals surface area contributed by atoms with Gasteiger partial charge in [0.2, 0.25) is 0 Å². The van der Waals surface area contributed by atoms with E-state index in [9.17, 15) is 9.59 Å². The first-order valence-electron chi connectivity index (χ1n) is 5.90. The van der Waals surface area contributed by atoms with Gasteiger partial charge in [-0.3, -0.25) is 9.59 Å². The molecule has 0 aromatic heterocycles. The van der Waals surface area contributed by atoms with Crippen molar-refractivity contribution >= 4 is 12.2 Å². The van der Waals surface area contributed by atoms with Crippen LogP contribution in [-0.2, 0) is 4.79 Å². The van der Waals surface area contributed by atoms with Crippen LogP contribution in [0.3, 0.4) is 0 Å². The molecule has 1 amide bonds. The van der Waals surface area contributed by atoms with E-state index in [0.717, 1.165) is 11.8 Å². The summed E-state index contributed by atoms with van der Waals surface area (Å²) in [4.78, 5) is 24.3. The van der Waals surface area contributed by atoms with E-state index in [1.807, 2.05) is 26.8 Å². The number of amides is 1. The fourth-order valence-corrected chi connectivity index (χ4v) is 1.49. The molecule has 0 aliphatic rings. The molecule has 1 aromatic carbocycles. The van der Waals surface area contributed by atoms with Gasteiger partial charge in [-0.05, 0) is 32.4 Å². The molecule has 0 N–H and O–H groups in total. The second-order valence-corrected chi connectivity index (χ2v) is 4.50. The summed E-state index contributed by atoms with van der Waals surface area (Å²) in [5, 5.41) is 0. The van der Waals surface area contributed by atoms with Crippen molar-refractivity contribution < 1.29 is 14.3 Å². The molecular weight excluding hydrogens is 230 g/mol. The molecule has 1 rings (SSSR count). The SMILES string of the molecule is Cc1cccc(C=O)c1OCC(=O)N(C)C(C)C. The summed E-state index contributed by atoms with van der Waals surface area (Å²) >= 11 is 0. The predicted octanol–water partition coefficient (Wildman–Crippen LogP) is 2.05. The molecular formula is C14H19NO3. The number of aryl methyl sites for hydroxylation is 1. The van der Waals surface area contributed by atoms with Gasteiger partial charge >= 0.3 is 0 Å². The van der Waals surface area contributed by atoms with Gasteiger partial charge in [0.15, 0.2) is 12.9 Å². The number of rotatable bonds is 5. The number of carbonyl (C=O) groups is 2. The normalized spacial score (nSPS) is 10.3. The molecule has 0 aliphatic carbocycles. The fraction of sp³-hybridized carbons (Fsp3) is 0.429. The topological polar surface area (TPSA) is 46.6 Å². The average molecular weight is 249 g/mol. The zero-order chi connectivity index (χ0) is 13.7. The lowest BCUT2D eigenvalue weighted by Gasteiger charge is -2.21. The van der Waals surface area contributed by atoms with E-state index in [1.54, 1.807) is 24.1 Å². The number of ether oxygens (including phenoxy) is 1. The van der Waals surface area contributed by atoms with Crippen molar-refractivity contribution in [3.63, 3.8) is 0 Å². The van der Waals surface area contributed by atoms with Gasteiger partial charge in [-0.1, -0.05) is 12.1 Å². The molecule has 0 bridgehead atoms. The summed E-state index contributed by atoms with van der Waals surface area (Å²) in [7, 11) is 1.73. The number of aldehydes is 1. The molecule has 0 saturated carbocycles. The number of hydrogen-bond acceptors (Lipinski definition) is 3. The minimum atomic E-state index is -0.106. The number of hydrogen-bond donors (Lipinski definition) is 0. The van der Waals surface area contributed by atoms with Crippen molar-refractivity contribution in [1.82, 2.24) is 4.90 Å². The third-order valence-corrected chi connectivity index (χ3v) is 2.88.